The Labute approximate surface area is 166 Å². The van der Waals surface area contributed by atoms with Crippen LogP contribution in [0.15, 0.2) is 55.4 Å². The number of ether oxygens (including phenoxy) is 1. The minimum absolute atomic E-state index is 0.00505. The van der Waals surface area contributed by atoms with Crippen LogP contribution < -0.4 is 10.1 Å². The normalized spacial score (nSPS) is 14.4. The van der Waals surface area contributed by atoms with Crippen molar-refractivity contribution >= 4 is 40.5 Å². The summed E-state index contributed by atoms with van der Waals surface area (Å²) in [5, 5.41) is 13.7. The second kappa shape index (κ2) is 8.46. The zero-order valence-corrected chi connectivity index (χ0v) is 16.1. The van der Waals surface area contributed by atoms with Crippen LogP contribution in [0.4, 0.5) is 5.69 Å². The number of anilines is 1. The van der Waals surface area contributed by atoms with Crippen molar-refractivity contribution in [1.29, 1.82) is 0 Å². The first-order chi connectivity index (χ1) is 13.9. The topological polar surface area (TPSA) is 134 Å². The molecule has 3 rings (SSSR count). The number of amidine groups is 2. The van der Waals surface area contributed by atoms with E-state index in [2.05, 4.69) is 30.7 Å². The quantitative estimate of drug-likeness (QED) is 0.410. The molecule has 0 fully saturated rings. The van der Waals surface area contributed by atoms with Crippen LogP contribution in [0, 0.1) is 0 Å². The molecule has 2 aliphatic rings. The fourth-order valence-corrected chi connectivity index (χ4v) is 2.55. The van der Waals surface area contributed by atoms with Crippen molar-refractivity contribution < 1.29 is 19.1 Å². The van der Waals surface area contributed by atoms with Gasteiger partial charge in [-0.25, -0.2) is 4.99 Å². The van der Waals surface area contributed by atoms with E-state index in [1.54, 1.807) is 18.2 Å². The second-order valence-corrected chi connectivity index (χ2v) is 6.19. The number of aliphatic imine (C=N–C) groups is 2. The summed E-state index contributed by atoms with van der Waals surface area (Å²) in [5.74, 6) is -0.603. The molecule has 1 aromatic carbocycles. The fraction of sp³-hybridized carbons (Fsp3) is 0.263. The lowest BCUT2D eigenvalue weighted by Crippen LogP contribution is -2.26. The molecule has 10 nitrogen and oxygen atoms in total. The van der Waals surface area contributed by atoms with Crippen LogP contribution in [0.2, 0.25) is 0 Å². The van der Waals surface area contributed by atoms with E-state index in [0.29, 0.717) is 23.6 Å². The first kappa shape index (κ1) is 19.9. The maximum Gasteiger partial charge on any atom is 0.303 e. The monoisotopic (exact) mass is 394 g/mol. The Balaban J connectivity index is 1.99. The average molecular weight is 394 g/mol. The van der Waals surface area contributed by atoms with Gasteiger partial charge in [-0.3, -0.25) is 14.4 Å². The summed E-state index contributed by atoms with van der Waals surface area (Å²) >= 11 is 0. The van der Waals surface area contributed by atoms with E-state index in [-0.39, 0.29) is 34.5 Å². The van der Waals surface area contributed by atoms with Gasteiger partial charge in [-0.2, -0.15) is 4.99 Å². The molecule has 0 aromatic heterocycles. The maximum absolute atomic E-state index is 12.2. The van der Waals surface area contributed by atoms with Gasteiger partial charge < -0.3 is 10.1 Å². The van der Waals surface area contributed by atoms with Crippen molar-refractivity contribution in [3.05, 3.63) is 35.5 Å². The van der Waals surface area contributed by atoms with Crippen LogP contribution in [-0.4, -0.2) is 41.5 Å². The van der Waals surface area contributed by atoms with Crippen LogP contribution in [0.1, 0.15) is 32.8 Å². The standard InChI is InChI=1S/C19H18N6O4/c1-4-7-29-15-6-5-12(20-9-14(10(2)26)11(3)27)8-13(15)17-21-18-16(19(28)22-17)23-25-24-18/h5-6,8-9,20H,4,7H2,1-3H3. The predicted octanol–water partition coefficient (Wildman–Crippen LogP) is 2.46. The van der Waals surface area contributed by atoms with E-state index < -0.39 is 5.91 Å². The molecule has 0 bridgehead atoms. The van der Waals surface area contributed by atoms with E-state index in [4.69, 9.17) is 4.74 Å². The summed E-state index contributed by atoms with van der Waals surface area (Å²) in [5.41, 5.74) is 1.03. The highest BCUT2D eigenvalue weighted by molar-refractivity contribution is 6.69. The second-order valence-electron chi connectivity index (χ2n) is 6.19. The Hall–Kier alpha value is -3.82. The Bertz CT molecular complexity index is 1030. The zero-order chi connectivity index (χ0) is 21.0. The molecule has 148 valence electrons. The molecular formula is C19H18N6O4. The number of ketones is 2. The Morgan fingerprint density at radius 2 is 1.90 bits per heavy atom. The molecular weight excluding hydrogens is 376 g/mol. The van der Waals surface area contributed by atoms with Crippen LogP contribution in [0.25, 0.3) is 0 Å². The number of Topliss-reactive ketones (excluding diaryl/α,β-unsaturated/α-hetero) is 2. The van der Waals surface area contributed by atoms with E-state index in [9.17, 15) is 14.4 Å². The highest BCUT2D eigenvalue weighted by Crippen LogP contribution is 2.26. The third kappa shape index (κ3) is 4.37. The lowest BCUT2D eigenvalue weighted by molar-refractivity contribution is -0.119. The van der Waals surface area contributed by atoms with Crippen molar-refractivity contribution in [3.8, 4) is 5.75 Å². The smallest absolute Gasteiger partial charge is 0.303 e. The predicted molar refractivity (Wildman–Crippen MR) is 107 cm³/mol. The first-order valence-corrected chi connectivity index (χ1v) is 8.87. The Morgan fingerprint density at radius 3 is 2.59 bits per heavy atom. The molecule has 10 heteroatoms. The highest BCUT2D eigenvalue weighted by Gasteiger charge is 2.29. The maximum atomic E-state index is 12.2. The fourth-order valence-electron chi connectivity index (χ4n) is 2.55. The molecule has 0 spiro atoms. The molecule has 0 radical (unpaired) electrons. The van der Waals surface area contributed by atoms with Gasteiger partial charge >= 0.3 is 5.91 Å². The SMILES string of the molecule is CCCOc1ccc(NC=C(C(C)=O)C(C)=O)cc1C1=NC(=O)C2=NN=NC2=N1. The molecule has 0 atom stereocenters. The van der Waals surface area contributed by atoms with Gasteiger partial charge in [-0.15, -0.1) is 10.2 Å². The van der Waals surface area contributed by atoms with Gasteiger partial charge in [0, 0.05) is 11.9 Å². The van der Waals surface area contributed by atoms with E-state index >= 15 is 0 Å². The van der Waals surface area contributed by atoms with Gasteiger partial charge in [-0.05, 0) is 43.7 Å². The largest absolute Gasteiger partial charge is 0.493 e. The highest BCUT2D eigenvalue weighted by atomic mass is 16.5. The number of hydrogen-bond acceptors (Lipinski definition) is 9. The molecule has 0 saturated carbocycles. The number of carbonyl (C=O) groups is 3. The van der Waals surface area contributed by atoms with Gasteiger partial charge in [0.1, 0.15) is 5.75 Å². The molecule has 1 amide bonds. The molecule has 2 aliphatic heterocycles. The van der Waals surface area contributed by atoms with Gasteiger partial charge in [-0.1, -0.05) is 6.92 Å². The van der Waals surface area contributed by atoms with Gasteiger partial charge in [0.15, 0.2) is 17.4 Å². The molecule has 0 aliphatic carbocycles. The third-order valence-corrected chi connectivity index (χ3v) is 3.94. The molecule has 1 aromatic rings. The van der Waals surface area contributed by atoms with Crippen molar-refractivity contribution in [1.82, 2.24) is 0 Å². The van der Waals surface area contributed by atoms with Crippen LogP contribution >= 0.6 is 0 Å². The minimum atomic E-state index is -0.592. The number of benzene rings is 1. The summed E-state index contributed by atoms with van der Waals surface area (Å²) in [6.07, 6.45) is 2.12. The van der Waals surface area contributed by atoms with Crippen LogP contribution in [0.3, 0.4) is 0 Å². The number of nitrogens with one attached hydrogen (secondary N) is 1. The van der Waals surface area contributed by atoms with E-state index in [0.717, 1.165) is 6.42 Å². The lowest BCUT2D eigenvalue weighted by Gasteiger charge is -2.14. The van der Waals surface area contributed by atoms with Crippen LogP contribution in [-0.2, 0) is 14.4 Å². The molecule has 2 heterocycles. The van der Waals surface area contributed by atoms with Gasteiger partial charge in [0.2, 0.25) is 11.5 Å². The number of hydrogen-bond donors (Lipinski definition) is 1. The lowest BCUT2D eigenvalue weighted by atomic mass is 10.1. The molecule has 0 saturated heterocycles. The number of carbonyl (C=O) groups excluding carboxylic acids is 3. The summed E-state index contributed by atoms with van der Waals surface area (Å²) in [6, 6.07) is 5.06. The third-order valence-electron chi connectivity index (χ3n) is 3.94. The molecule has 29 heavy (non-hydrogen) atoms. The zero-order valence-electron chi connectivity index (χ0n) is 16.1. The number of fused-ring (bicyclic) bond motifs is 1. The molecule has 1 N–H and O–H groups in total. The summed E-state index contributed by atoms with van der Waals surface area (Å²) < 4.78 is 5.75. The van der Waals surface area contributed by atoms with Gasteiger partial charge in [0.25, 0.3) is 0 Å². The van der Waals surface area contributed by atoms with Crippen molar-refractivity contribution in [2.45, 2.75) is 27.2 Å². The van der Waals surface area contributed by atoms with Crippen molar-refractivity contribution in [2.75, 3.05) is 11.9 Å². The van der Waals surface area contributed by atoms with Crippen LogP contribution in [0.5, 0.6) is 5.75 Å². The van der Waals surface area contributed by atoms with E-state index in [1.807, 2.05) is 6.92 Å². The Kier molecular flexibility index (Phi) is 5.82. The van der Waals surface area contributed by atoms with Gasteiger partial charge in [0.05, 0.1) is 17.7 Å². The number of rotatable bonds is 8. The summed E-state index contributed by atoms with van der Waals surface area (Å²) in [4.78, 5) is 43.6. The number of allylic oxidation sites excluding steroid dienone is 1. The van der Waals surface area contributed by atoms with Crippen molar-refractivity contribution in [3.63, 3.8) is 0 Å². The number of amides is 1. The average Bonchev–Trinajstić information content (AvgIpc) is 3.15. The molecule has 0 unspecified atom stereocenters. The Morgan fingerprint density at radius 1 is 1.14 bits per heavy atom. The summed E-state index contributed by atoms with van der Waals surface area (Å²) in [6.45, 7) is 5.06. The minimum Gasteiger partial charge on any atom is -0.493 e. The van der Waals surface area contributed by atoms with E-state index in [1.165, 1.54) is 20.0 Å². The van der Waals surface area contributed by atoms with Crippen molar-refractivity contribution in [2.24, 2.45) is 25.4 Å². The number of nitrogens with zero attached hydrogens (tertiary/aromatic N) is 5. The summed E-state index contributed by atoms with van der Waals surface area (Å²) in [7, 11) is 0. The first-order valence-electron chi connectivity index (χ1n) is 8.87.